The van der Waals surface area contributed by atoms with Crippen LogP contribution in [-0.4, -0.2) is 36.2 Å². The highest BCUT2D eigenvalue weighted by molar-refractivity contribution is 5.80. The number of nitrogens with zero attached hydrogens (tertiary/aromatic N) is 1. The summed E-state index contributed by atoms with van der Waals surface area (Å²) in [5, 5.41) is 2.67. The fourth-order valence-electron chi connectivity index (χ4n) is 1.98. The van der Waals surface area contributed by atoms with Crippen molar-refractivity contribution in [2.75, 3.05) is 13.6 Å². The average Bonchev–Trinajstić information content (AvgIpc) is 2.44. The van der Waals surface area contributed by atoms with E-state index in [4.69, 9.17) is 4.74 Å². The number of benzene rings is 1. The number of rotatable bonds is 7. The number of nitrogens with one attached hydrogen (secondary N) is 1. The predicted octanol–water partition coefficient (Wildman–Crippen LogP) is 2.56. The van der Waals surface area contributed by atoms with Crippen LogP contribution in [0.1, 0.15) is 26.3 Å². The maximum Gasteiger partial charge on any atom is 0.264 e. The van der Waals surface area contributed by atoms with Crippen LogP contribution in [0, 0.1) is 0 Å². The molecule has 21 heavy (non-hydrogen) atoms. The van der Waals surface area contributed by atoms with Gasteiger partial charge in [-0.05, 0) is 26.3 Å². The van der Waals surface area contributed by atoms with Crippen LogP contribution >= 0.6 is 0 Å². The summed E-state index contributed by atoms with van der Waals surface area (Å²) in [4.78, 5) is 14.1. The third kappa shape index (κ3) is 6.10. The third-order valence-electron chi connectivity index (χ3n) is 2.86. The minimum atomic E-state index is -0.645. The van der Waals surface area contributed by atoms with Crippen LogP contribution < -0.4 is 5.32 Å². The van der Waals surface area contributed by atoms with E-state index in [0.717, 1.165) is 5.56 Å². The molecule has 0 radical (unpaired) electrons. The van der Waals surface area contributed by atoms with Gasteiger partial charge in [0.15, 0.2) is 6.23 Å². The van der Waals surface area contributed by atoms with E-state index in [1.54, 1.807) is 13.1 Å². The van der Waals surface area contributed by atoms with Gasteiger partial charge >= 0.3 is 0 Å². The molecule has 0 aliphatic rings. The Kier molecular flexibility index (Phi) is 6.59. The van der Waals surface area contributed by atoms with Crippen molar-refractivity contribution in [2.24, 2.45) is 0 Å². The Morgan fingerprint density at radius 3 is 2.48 bits per heavy atom. The second kappa shape index (κ2) is 7.96. The molecule has 1 aromatic rings. The van der Waals surface area contributed by atoms with E-state index < -0.39 is 11.8 Å². The number of hydrogen-bond acceptors (Lipinski definition) is 3. The highest BCUT2D eigenvalue weighted by atomic mass is 16.5. The van der Waals surface area contributed by atoms with Crippen LogP contribution in [-0.2, 0) is 16.1 Å². The molecule has 1 unspecified atom stereocenters. The zero-order valence-electron chi connectivity index (χ0n) is 13.4. The zero-order chi connectivity index (χ0) is 15.9. The van der Waals surface area contributed by atoms with Crippen LogP contribution in [0.25, 0.3) is 0 Å². The molecule has 0 heterocycles. The molecule has 116 valence electrons. The molecule has 0 saturated carbocycles. The Hall–Kier alpha value is -1.65. The lowest BCUT2D eigenvalue weighted by Crippen LogP contribution is -2.50. The molecule has 0 saturated heterocycles. The second-order valence-corrected chi connectivity index (χ2v) is 5.90. The molecule has 1 rings (SSSR count). The quantitative estimate of drug-likeness (QED) is 0.620. The molecule has 1 amide bonds. The SMILES string of the molecule is C=CCN(Cc1ccccc1)C(OC(C)(C)C)C(=O)NC. The standard InChI is InChI=1S/C17H26N2O2/c1-6-12-19(13-14-10-8-7-9-11-14)16(15(20)18-5)21-17(2,3)4/h6-11,16H,1,12-13H2,2-5H3,(H,18,20). The van der Waals surface area contributed by atoms with E-state index >= 15 is 0 Å². The second-order valence-electron chi connectivity index (χ2n) is 5.90. The van der Waals surface area contributed by atoms with Gasteiger partial charge in [0.2, 0.25) is 0 Å². The molecule has 0 fully saturated rings. The van der Waals surface area contributed by atoms with Crippen molar-refractivity contribution in [3.63, 3.8) is 0 Å². The van der Waals surface area contributed by atoms with Crippen LogP contribution in [0.2, 0.25) is 0 Å². The first-order valence-electron chi connectivity index (χ1n) is 7.15. The molecule has 0 aliphatic heterocycles. The zero-order valence-corrected chi connectivity index (χ0v) is 13.4. The molecule has 4 heteroatoms. The first-order chi connectivity index (χ1) is 9.87. The Morgan fingerprint density at radius 1 is 1.38 bits per heavy atom. The van der Waals surface area contributed by atoms with Gasteiger partial charge in [0.1, 0.15) is 0 Å². The minimum Gasteiger partial charge on any atom is -0.356 e. The van der Waals surface area contributed by atoms with Crippen molar-refractivity contribution in [2.45, 2.75) is 39.1 Å². The first-order valence-corrected chi connectivity index (χ1v) is 7.15. The maximum atomic E-state index is 12.2. The van der Waals surface area contributed by atoms with Gasteiger partial charge in [-0.3, -0.25) is 9.69 Å². The minimum absolute atomic E-state index is 0.150. The molecule has 4 nitrogen and oxygen atoms in total. The number of carbonyl (C=O) groups excluding carboxylic acids is 1. The summed E-state index contributed by atoms with van der Waals surface area (Å²) < 4.78 is 5.94. The van der Waals surface area contributed by atoms with Gasteiger partial charge in [-0.15, -0.1) is 6.58 Å². The van der Waals surface area contributed by atoms with E-state index in [2.05, 4.69) is 11.9 Å². The summed E-state index contributed by atoms with van der Waals surface area (Å²) in [6.07, 6.45) is 1.14. The topological polar surface area (TPSA) is 41.6 Å². The lowest BCUT2D eigenvalue weighted by Gasteiger charge is -2.34. The van der Waals surface area contributed by atoms with E-state index in [-0.39, 0.29) is 5.91 Å². The van der Waals surface area contributed by atoms with Crippen molar-refractivity contribution < 1.29 is 9.53 Å². The highest BCUT2D eigenvalue weighted by Gasteiger charge is 2.29. The number of amides is 1. The number of hydrogen-bond donors (Lipinski definition) is 1. The number of likely N-dealkylation sites (N-methyl/N-ethyl adjacent to an activating group) is 1. The molecule has 0 spiro atoms. The van der Waals surface area contributed by atoms with Gasteiger partial charge in [-0.2, -0.15) is 0 Å². The smallest absolute Gasteiger partial charge is 0.264 e. The van der Waals surface area contributed by atoms with E-state index in [1.807, 2.05) is 56.0 Å². The summed E-state index contributed by atoms with van der Waals surface area (Å²) in [5.41, 5.74) is 0.721. The molecule has 0 bridgehead atoms. The summed E-state index contributed by atoms with van der Waals surface area (Å²) in [7, 11) is 1.62. The first kappa shape index (κ1) is 17.4. The van der Waals surface area contributed by atoms with Gasteiger partial charge in [0.05, 0.1) is 5.60 Å². The summed E-state index contributed by atoms with van der Waals surface area (Å²) in [5.74, 6) is -0.150. The largest absolute Gasteiger partial charge is 0.356 e. The Labute approximate surface area is 127 Å². The molecule has 1 atom stereocenters. The van der Waals surface area contributed by atoms with Crippen molar-refractivity contribution in [3.05, 3.63) is 48.6 Å². The molecular weight excluding hydrogens is 264 g/mol. The summed E-state index contributed by atoms with van der Waals surface area (Å²) in [6.45, 7) is 10.8. The van der Waals surface area contributed by atoms with Gasteiger partial charge in [-0.1, -0.05) is 36.4 Å². The fourth-order valence-corrected chi connectivity index (χ4v) is 1.98. The van der Waals surface area contributed by atoms with E-state index in [0.29, 0.717) is 13.1 Å². The number of carbonyl (C=O) groups is 1. The highest BCUT2D eigenvalue weighted by Crippen LogP contribution is 2.17. The lowest BCUT2D eigenvalue weighted by molar-refractivity contribution is -0.165. The number of ether oxygens (including phenoxy) is 1. The summed E-state index contributed by atoms with van der Waals surface area (Å²) >= 11 is 0. The maximum absolute atomic E-state index is 12.2. The van der Waals surface area contributed by atoms with E-state index in [9.17, 15) is 4.79 Å². The van der Waals surface area contributed by atoms with Crippen molar-refractivity contribution in [3.8, 4) is 0 Å². The van der Waals surface area contributed by atoms with Crippen LogP contribution in [0.3, 0.4) is 0 Å². The monoisotopic (exact) mass is 290 g/mol. The van der Waals surface area contributed by atoms with Crippen molar-refractivity contribution in [1.29, 1.82) is 0 Å². The Bertz CT molecular complexity index is 452. The molecule has 1 aromatic carbocycles. The van der Waals surface area contributed by atoms with E-state index in [1.165, 1.54) is 0 Å². The lowest BCUT2D eigenvalue weighted by atomic mass is 10.1. The van der Waals surface area contributed by atoms with Gasteiger partial charge in [0, 0.05) is 20.1 Å². The Balaban J connectivity index is 2.95. The van der Waals surface area contributed by atoms with Crippen molar-refractivity contribution >= 4 is 5.91 Å². The van der Waals surface area contributed by atoms with Gasteiger partial charge in [-0.25, -0.2) is 0 Å². The normalized spacial score (nSPS) is 13.0. The predicted molar refractivity (Wildman–Crippen MR) is 85.7 cm³/mol. The molecule has 0 aliphatic carbocycles. The van der Waals surface area contributed by atoms with Crippen LogP contribution in [0.5, 0.6) is 0 Å². The average molecular weight is 290 g/mol. The van der Waals surface area contributed by atoms with Crippen molar-refractivity contribution in [1.82, 2.24) is 10.2 Å². The fraction of sp³-hybridized carbons (Fsp3) is 0.471. The summed E-state index contributed by atoms with van der Waals surface area (Å²) in [6, 6.07) is 10.0. The molecular formula is C17H26N2O2. The molecule has 1 N–H and O–H groups in total. The third-order valence-corrected chi connectivity index (χ3v) is 2.86. The van der Waals surface area contributed by atoms with Gasteiger partial charge in [0.25, 0.3) is 5.91 Å². The van der Waals surface area contributed by atoms with Crippen LogP contribution in [0.4, 0.5) is 0 Å². The van der Waals surface area contributed by atoms with Crippen LogP contribution in [0.15, 0.2) is 43.0 Å². The van der Waals surface area contributed by atoms with Gasteiger partial charge < -0.3 is 10.1 Å². The molecule has 0 aromatic heterocycles. The Morgan fingerprint density at radius 2 is 2.00 bits per heavy atom.